The summed E-state index contributed by atoms with van der Waals surface area (Å²) in [5, 5.41) is 0.137. The Kier molecular flexibility index (Phi) is 1.32. The van der Waals surface area contributed by atoms with Gasteiger partial charge in [0.2, 0.25) is 5.71 Å². The quantitative estimate of drug-likeness (QED) is 0.605. The van der Waals surface area contributed by atoms with Crippen LogP contribution in [0.2, 0.25) is 5.35 Å². The lowest BCUT2D eigenvalue weighted by molar-refractivity contribution is 0.593. The average molecular weight is 169 g/mol. The Hall–Kier alpha value is -1.09. The van der Waals surface area contributed by atoms with Crippen LogP contribution in [0.1, 0.15) is 5.56 Å². The summed E-state index contributed by atoms with van der Waals surface area (Å²) in [7, 11) is 0. The molecule has 56 valence electrons. The molecule has 0 amide bonds. The monoisotopic (exact) mass is 168 g/mol. The van der Waals surface area contributed by atoms with Crippen molar-refractivity contribution in [2.75, 3.05) is 0 Å². The van der Waals surface area contributed by atoms with Crippen LogP contribution < -0.4 is 0 Å². The van der Waals surface area contributed by atoms with Crippen LogP contribution in [0.25, 0.3) is 11.2 Å². The van der Waals surface area contributed by atoms with E-state index in [0.717, 1.165) is 5.56 Å². The van der Waals surface area contributed by atoms with Crippen LogP contribution in [0.5, 0.6) is 0 Å². The molecule has 0 unspecified atom stereocenters. The number of hydrogen-bond donors (Lipinski definition) is 0. The number of halogens is 1. The second-order valence-corrected chi connectivity index (χ2v) is 2.63. The van der Waals surface area contributed by atoms with Crippen LogP contribution in [-0.4, -0.2) is 9.97 Å². The van der Waals surface area contributed by atoms with Gasteiger partial charge >= 0.3 is 0 Å². The zero-order valence-electron chi connectivity index (χ0n) is 5.84. The van der Waals surface area contributed by atoms with Crippen LogP contribution in [-0.2, 0) is 0 Å². The lowest BCUT2D eigenvalue weighted by atomic mass is 10.3. The van der Waals surface area contributed by atoms with E-state index in [2.05, 4.69) is 9.97 Å². The highest BCUT2D eigenvalue weighted by Gasteiger charge is 2.02. The molecule has 0 bridgehead atoms. The van der Waals surface area contributed by atoms with Crippen molar-refractivity contribution in [2.24, 2.45) is 0 Å². The molecule has 0 saturated carbocycles. The van der Waals surface area contributed by atoms with Gasteiger partial charge in [-0.25, -0.2) is 4.98 Å². The van der Waals surface area contributed by atoms with Crippen molar-refractivity contribution >= 4 is 22.8 Å². The molecular formula is C7H5ClN2O. The lowest BCUT2D eigenvalue weighted by Crippen LogP contribution is -1.76. The first kappa shape index (κ1) is 6.61. The number of aryl methyl sites for hydroxylation is 1. The SMILES string of the molecule is Cc1cnc2oc(Cl)nc2c1. The van der Waals surface area contributed by atoms with Gasteiger partial charge in [-0.15, -0.1) is 0 Å². The highest BCUT2D eigenvalue weighted by atomic mass is 35.5. The summed E-state index contributed by atoms with van der Waals surface area (Å²) in [6, 6.07) is 1.87. The van der Waals surface area contributed by atoms with Crippen LogP contribution in [0, 0.1) is 6.92 Å². The Morgan fingerprint density at radius 1 is 1.55 bits per heavy atom. The number of aromatic nitrogens is 2. The molecule has 0 radical (unpaired) electrons. The molecule has 0 aromatic carbocycles. The maximum Gasteiger partial charge on any atom is 0.294 e. The largest absolute Gasteiger partial charge is 0.408 e. The van der Waals surface area contributed by atoms with Gasteiger partial charge in [0.1, 0.15) is 5.52 Å². The van der Waals surface area contributed by atoms with E-state index in [4.69, 9.17) is 16.0 Å². The third-order valence-corrected chi connectivity index (χ3v) is 1.52. The molecule has 2 aromatic heterocycles. The fourth-order valence-corrected chi connectivity index (χ4v) is 1.06. The number of pyridine rings is 1. The van der Waals surface area contributed by atoms with E-state index in [1.807, 2.05) is 13.0 Å². The molecular weight excluding hydrogens is 164 g/mol. The maximum absolute atomic E-state index is 5.52. The van der Waals surface area contributed by atoms with Crippen molar-refractivity contribution in [1.29, 1.82) is 0 Å². The van der Waals surface area contributed by atoms with Gasteiger partial charge in [0.05, 0.1) is 0 Å². The average Bonchev–Trinajstić information content (AvgIpc) is 2.27. The van der Waals surface area contributed by atoms with Crippen LogP contribution >= 0.6 is 11.6 Å². The predicted octanol–water partition coefficient (Wildman–Crippen LogP) is 2.18. The number of nitrogens with zero attached hydrogens (tertiary/aromatic N) is 2. The predicted molar refractivity (Wildman–Crippen MR) is 41.6 cm³/mol. The maximum atomic E-state index is 5.52. The molecule has 0 aliphatic rings. The Labute approximate surface area is 68.0 Å². The first-order valence-electron chi connectivity index (χ1n) is 3.14. The fraction of sp³-hybridized carbons (Fsp3) is 0.143. The number of fused-ring (bicyclic) bond motifs is 1. The molecule has 2 aromatic rings. The minimum Gasteiger partial charge on any atom is -0.408 e. The smallest absolute Gasteiger partial charge is 0.294 e. The number of hydrogen-bond acceptors (Lipinski definition) is 3. The molecule has 0 aliphatic heterocycles. The van der Waals surface area contributed by atoms with Crippen LogP contribution in [0.15, 0.2) is 16.7 Å². The van der Waals surface area contributed by atoms with Crippen LogP contribution in [0.4, 0.5) is 0 Å². The molecule has 0 spiro atoms. The molecule has 2 heterocycles. The summed E-state index contributed by atoms with van der Waals surface area (Å²) in [6.07, 6.45) is 1.71. The molecule has 0 N–H and O–H groups in total. The van der Waals surface area contributed by atoms with Gasteiger partial charge in [0, 0.05) is 6.20 Å². The second kappa shape index (κ2) is 2.20. The minimum absolute atomic E-state index is 0.137. The van der Waals surface area contributed by atoms with E-state index >= 15 is 0 Å². The van der Waals surface area contributed by atoms with Crippen molar-refractivity contribution in [3.8, 4) is 0 Å². The zero-order valence-corrected chi connectivity index (χ0v) is 6.59. The first-order chi connectivity index (χ1) is 5.25. The van der Waals surface area contributed by atoms with Gasteiger partial charge in [-0.05, 0) is 30.2 Å². The van der Waals surface area contributed by atoms with E-state index in [1.54, 1.807) is 6.20 Å². The van der Waals surface area contributed by atoms with Gasteiger partial charge in [-0.2, -0.15) is 4.98 Å². The first-order valence-corrected chi connectivity index (χ1v) is 3.52. The Balaban J connectivity index is 2.82. The van der Waals surface area contributed by atoms with Crippen molar-refractivity contribution in [3.63, 3.8) is 0 Å². The zero-order chi connectivity index (χ0) is 7.84. The van der Waals surface area contributed by atoms with Crippen LogP contribution in [0.3, 0.4) is 0 Å². The minimum atomic E-state index is 0.137. The molecule has 0 aliphatic carbocycles. The van der Waals surface area contributed by atoms with Gasteiger partial charge < -0.3 is 4.42 Å². The fourth-order valence-electron chi connectivity index (χ4n) is 0.897. The van der Waals surface area contributed by atoms with Crippen molar-refractivity contribution in [3.05, 3.63) is 23.2 Å². The summed E-state index contributed by atoms with van der Waals surface area (Å²) in [5.74, 6) is 0. The van der Waals surface area contributed by atoms with Gasteiger partial charge in [0.15, 0.2) is 0 Å². The van der Waals surface area contributed by atoms with Gasteiger partial charge in [-0.3, -0.25) is 0 Å². The highest BCUT2D eigenvalue weighted by Crippen LogP contribution is 2.16. The molecule has 3 nitrogen and oxygen atoms in total. The Morgan fingerprint density at radius 3 is 3.18 bits per heavy atom. The van der Waals surface area contributed by atoms with Gasteiger partial charge in [-0.1, -0.05) is 0 Å². The number of rotatable bonds is 0. The summed E-state index contributed by atoms with van der Waals surface area (Å²) in [6.45, 7) is 1.94. The molecule has 0 saturated heterocycles. The summed E-state index contributed by atoms with van der Waals surface area (Å²) < 4.78 is 4.97. The third-order valence-electron chi connectivity index (χ3n) is 1.36. The van der Waals surface area contributed by atoms with Crippen molar-refractivity contribution < 1.29 is 4.42 Å². The lowest BCUT2D eigenvalue weighted by Gasteiger charge is -1.86. The third kappa shape index (κ3) is 1.07. The van der Waals surface area contributed by atoms with E-state index < -0.39 is 0 Å². The van der Waals surface area contributed by atoms with E-state index in [1.165, 1.54) is 0 Å². The molecule has 11 heavy (non-hydrogen) atoms. The van der Waals surface area contributed by atoms with Crippen molar-refractivity contribution in [2.45, 2.75) is 6.92 Å². The number of oxazole rings is 1. The summed E-state index contributed by atoms with van der Waals surface area (Å²) in [5.41, 5.74) is 2.23. The van der Waals surface area contributed by atoms with Gasteiger partial charge in [0.25, 0.3) is 5.35 Å². The van der Waals surface area contributed by atoms with E-state index in [0.29, 0.717) is 11.2 Å². The highest BCUT2D eigenvalue weighted by molar-refractivity contribution is 6.28. The standard InChI is InChI=1S/C7H5ClN2O/c1-4-2-5-6(9-3-4)11-7(8)10-5/h2-3H,1H3. The molecule has 0 atom stereocenters. The topological polar surface area (TPSA) is 38.9 Å². The van der Waals surface area contributed by atoms with E-state index in [-0.39, 0.29) is 5.35 Å². The Bertz CT molecular complexity index is 396. The normalized spacial score (nSPS) is 10.7. The Morgan fingerprint density at radius 2 is 2.36 bits per heavy atom. The summed E-state index contributed by atoms with van der Waals surface area (Å²) >= 11 is 5.52. The molecule has 2 rings (SSSR count). The van der Waals surface area contributed by atoms with Crippen molar-refractivity contribution in [1.82, 2.24) is 9.97 Å². The second-order valence-electron chi connectivity index (χ2n) is 2.30. The summed E-state index contributed by atoms with van der Waals surface area (Å²) in [4.78, 5) is 7.90. The molecule has 0 fully saturated rings. The van der Waals surface area contributed by atoms with E-state index in [9.17, 15) is 0 Å². The molecule has 4 heteroatoms.